The van der Waals surface area contributed by atoms with Crippen LogP contribution in [-0.4, -0.2) is 44.9 Å². The topological polar surface area (TPSA) is 80.2 Å². The van der Waals surface area contributed by atoms with Crippen molar-refractivity contribution < 1.29 is 9.84 Å². The Balaban J connectivity index is 1.64. The summed E-state index contributed by atoms with van der Waals surface area (Å²) in [5.74, 6) is 1.33. The zero-order valence-corrected chi connectivity index (χ0v) is 16.5. The first-order valence-electron chi connectivity index (χ1n) is 9.69. The van der Waals surface area contributed by atoms with Gasteiger partial charge in [0.25, 0.3) is 0 Å². The third-order valence-corrected chi connectivity index (χ3v) is 5.97. The smallest absolute Gasteiger partial charge is 0.163 e. The van der Waals surface area contributed by atoms with Crippen LogP contribution in [0.15, 0.2) is 48.8 Å². The number of ether oxygens (including phenoxy) is 1. The van der Waals surface area contributed by atoms with Crippen molar-refractivity contribution in [2.24, 2.45) is 5.41 Å². The monoisotopic (exact) mass is 378 g/mol. The molecule has 0 bridgehead atoms. The van der Waals surface area contributed by atoms with Crippen molar-refractivity contribution in [3.05, 3.63) is 48.8 Å². The molecule has 2 heterocycles. The van der Waals surface area contributed by atoms with Gasteiger partial charge in [-0.25, -0.2) is 9.97 Å². The van der Waals surface area contributed by atoms with Crippen molar-refractivity contribution >= 4 is 16.7 Å². The van der Waals surface area contributed by atoms with Crippen LogP contribution in [0, 0.1) is 5.41 Å². The fraction of sp³-hybridized carbons (Fsp3) is 0.409. The van der Waals surface area contributed by atoms with Gasteiger partial charge in [-0.2, -0.15) is 0 Å². The number of hydrogen-bond acceptors (Lipinski definition) is 6. The maximum Gasteiger partial charge on any atom is 0.163 e. The van der Waals surface area contributed by atoms with Crippen LogP contribution in [0.3, 0.4) is 0 Å². The minimum atomic E-state index is -0.854. The second-order valence-electron chi connectivity index (χ2n) is 7.91. The molecule has 2 N–H and O–H groups in total. The highest BCUT2D eigenvalue weighted by Crippen LogP contribution is 2.51. The van der Waals surface area contributed by atoms with Crippen molar-refractivity contribution in [3.63, 3.8) is 0 Å². The quantitative estimate of drug-likeness (QED) is 0.681. The lowest BCUT2D eigenvalue weighted by molar-refractivity contribution is -0.233. The molecule has 1 aromatic carbocycles. The molecule has 6 nitrogen and oxygen atoms in total. The second kappa shape index (κ2) is 7.11. The molecular formula is C22H26N4O2. The molecule has 0 radical (unpaired) electrons. The zero-order valence-electron chi connectivity index (χ0n) is 16.5. The number of nitrogens with one attached hydrogen (secondary N) is 1. The number of benzene rings is 1. The lowest BCUT2D eigenvalue weighted by Gasteiger charge is -2.58. The number of hydrogen-bond donors (Lipinski definition) is 2. The molecule has 0 spiro atoms. The summed E-state index contributed by atoms with van der Waals surface area (Å²) in [6.07, 6.45) is 4.16. The summed E-state index contributed by atoms with van der Waals surface area (Å²) < 4.78 is 5.77. The van der Waals surface area contributed by atoms with Gasteiger partial charge in [-0.05, 0) is 31.2 Å². The normalized spacial score (nSPS) is 23.4. The Morgan fingerprint density at radius 2 is 2.00 bits per heavy atom. The minimum Gasteiger partial charge on any atom is -0.387 e. The summed E-state index contributed by atoms with van der Waals surface area (Å²) in [5, 5.41) is 15.5. The SMILES string of the molecule is CCOC1CC(O)(CNc2nc(-c3cccnc3)nc3ccccc23)C1(C)C. The molecule has 2 unspecified atom stereocenters. The number of rotatable bonds is 6. The fourth-order valence-electron chi connectivity index (χ4n) is 3.83. The molecule has 4 rings (SSSR count). The van der Waals surface area contributed by atoms with Crippen molar-refractivity contribution in [2.75, 3.05) is 18.5 Å². The molecule has 0 saturated heterocycles. The van der Waals surface area contributed by atoms with Gasteiger partial charge in [0.15, 0.2) is 5.82 Å². The first-order chi connectivity index (χ1) is 13.4. The standard InChI is InChI=1S/C22H26N4O2/c1-4-28-18-12-22(27,21(18,2)3)14-24-20-16-9-5-6-10-17(16)25-19(26-20)15-8-7-11-23-13-15/h5-11,13,18,27H,4,12,14H2,1-3H3,(H,24,25,26). The molecule has 1 aliphatic rings. The largest absolute Gasteiger partial charge is 0.387 e. The summed E-state index contributed by atoms with van der Waals surface area (Å²) in [7, 11) is 0. The Labute approximate surface area is 165 Å². The second-order valence-corrected chi connectivity index (χ2v) is 7.91. The Kier molecular flexibility index (Phi) is 4.77. The van der Waals surface area contributed by atoms with E-state index in [1.807, 2.05) is 43.3 Å². The van der Waals surface area contributed by atoms with Crippen LogP contribution in [-0.2, 0) is 4.74 Å². The first-order valence-corrected chi connectivity index (χ1v) is 9.69. The summed E-state index contributed by atoms with van der Waals surface area (Å²) in [5.41, 5.74) is 0.527. The molecule has 0 aliphatic heterocycles. The van der Waals surface area contributed by atoms with Gasteiger partial charge in [0.1, 0.15) is 5.82 Å². The molecule has 1 fully saturated rings. The van der Waals surface area contributed by atoms with Gasteiger partial charge < -0.3 is 15.2 Å². The van der Waals surface area contributed by atoms with Gasteiger partial charge in [-0.3, -0.25) is 4.98 Å². The number of aliphatic hydroxyl groups is 1. The van der Waals surface area contributed by atoms with E-state index in [1.54, 1.807) is 12.4 Å². The van der Waals surface area contributed by atoms with Crippen LogP contribution in [0.25, 0.3) is 22.3 Å². The van der Waals surface area contributed by atoms with Gasteiger partial charge in [-0.1, -0.05) is 26.0 Å². The van der Waals surface area contributed by atoms with E-state index in [0.717, 1.165) is 16.5 Å². The summed E-state index contributed by atoms with van der Waals surface area (Å²) in [4.78, 5) is 13.6. The first kappa shape index (κ1) is 18.8. The summed E-state index contributed by atoms with van der Waals surface area (Å²) in [6, 6.07) is 11.7. The lowest BCUT2D eigenvalue weighted by Crippen LogP contribution is -2.67. The van der Waals surface area contributed by atoms with E-state index in [1.165, 1.54) is 0 Å². The number of pyridine rings is 1. The van der Waals surface area contributed by atoms with E-state index < -0.39 is 5.60 Å². The van der Waals surface area contributed by atoms with Gasteiger partial charge in [-0.15, -0.1) is 0 Å². The highest BCUT2D eigenvalue weighted by atomic mass is 16.5. The molecule has 2 atom stereocenters. The molecule has 28 heavy (non-hydrogen) atoms. The highest BCUT2D eigenvalue weighted by Gasteiger charge is 2.59. The van der Waals surface area contributed by atoms with Crippen LogP contribution in [0.4, 0.5) is 5.82 Å². The predicted molar refractivity (Wildman–Crippen MR) is 110 cm³/mol. The van der Waals surface area contributed by atoms with Gasteiger partial charge in [0.2, 0.25) is 0 Å². The lowest BCUT2D eigenvalue weighted by atomic mass is 9.56. The number of para-hydroxylation sites is 1. The van der Waals surface area contributed by atoms with Gasteiger partial charge >= 0.3 is 0 Å². The van der Waals surface area contributed by atoms with Gasteiger partial charge in [0, 0.05) is 48.3 Å². The van der Waals surface area contributed by atoms with E-state index in [0.29, 0.717) is 31.2 Å². The Hall–Kier alpha value is -2.57. The van der Waals surface area contributed by atoms with Crippen LogP contribution < -0.4 is 5.32 Å². The van der Waals surface area contributed by atoms with Crippen LogP contribution in [0.1, 0.15) is 27.2 Å². The van der Waals surface area contributed by atoms with E-state index in [-0.39, 0.29) is 11.5 Å². The predicted octanol–water partition coefficient (Wildman–Crippen LogP) is 3.67. The van der Waals surface area contributed by atoms with E-state index in [2.05, 4.69) is 29.1 Å². The molecular weight excluding hydrogens is 352 g/mol. The molecule has 1 aliphatic carbocycles. The van der Waals surface area contributed by atoms with Gasteiger partial charge in [0.05, 0.1) is 17.2 Å². The Bertz CT molecular complexity index is 977. The maximum atomic E-state index is 11.2. The number of fused-ring (bicyclic) bond motifs is 1. The van der Waals surface area contributed by atoms with E-state index >= 15 is 0 Å². The van der Waals surface area contributed by atoms with E-state index in [9.17, 15) is 5.11 Å². The average molecular weight is 378 g/mol. The van der Waals surface area contributed by atoms with Crippen LogP contribution in [0.5, 0.6) is 0 Å². The molecule has 0 amide bonds. The molecule has 3 aromatic rings. The van der Waals surface area contributed by atoms with Crippen molar-refractivity contribution in [2.45, 2.75) is 38.9 Å². The molecule has 6 heteroatoms. The third kappa shape index (κ3) is 3.12. The van der Waals surface area contributed by atoms with Crippen molar-refractivity contribution in [3.8, 4) is 11.4 Å². The molecule has 146 valence electrons. The molecule has 1 saturated carbocycles. The van der Waals surface area contributed by atoms with E-state index in [4.69, 9.17) is 9.72 Å². The van der Waals surface area contributed by atoms with Crippen molar-refractivity contribution in [1.82, 2.24) is 15.0 Å². The number of aromatic nitrogens is 3. The van der Waals surface area contributed by atoms with Crippen molar-refractivity contribution in [1.29, 1.82) is 0 Å². The zero-order chi connectivity index (χ0) is 19.8. The maximum absolute atomic E-state index is 11.2. The van der Waals surface area contributed by atoms with Crippen LogP contribution >= 0.6 is 0 Å². The number of anilines is 1. The highest BCUT2D eigenvalue weighted by molar-refractivity contribution is 5.90. The summed E-state index contributed by atoms with van der Waals surface area (Å²) in [6.45, 7) is 7.15. The summed E-state index contributed by atoms with van der Waals surface area (Å²) >= 11 is 0. The van der Waals surface area contributed by atoms with Crippen LogP contribution in [0.2, 0.25) is 0 Å². The Morgan fingerprint density at radius 1 is 1.18 bits per heavy atom. The third-order valence-electron chi connectivity index (χ3n) is 5.97. The Morgan fingerprint density at radius 3 is 2.71 bits per heavy atom. The minimum absolute atomic E-state index is 0.0670. The average Bonchev–Trinajstić information content (AvgIpc) is 2.72. The number of nitrogens with zero attached hydrogens (tertiary/aromatic N) is 3. The fourth-order valence-corrected chi connectivity index (χ4v) is 3.83. The molecule has 2 aromatic heterocycles.